The van der Waals surface area contributed by atoms with Crippen LogP contribution in [0.2, 0.25) is 0 Å². The molecule has 1 saturated carbocycles. The van der Waals surface area contributed by atoms with Gasteiger partial charge in [0.1, 0.15) is 0 Å². The minimum Gasteiger partial charge on any atom is -0.289 e. The van der Waals surface area contributed by atoms with E-state index < -0.39 is 0 Å². The monoisotopic (exact) mass is 172 g/mol. The van der Waals surface area contributed by atoms with Crippen molar-refractivity contribution >= 4 is 5.78 Å². The fourth-order valence-electron chi connectivity index (χ4n) is 1.45. The molecule has 13 heavy (non-hydrogen) atoms. The van der Waals surface area contributed by atoms with Gasteiger partial charge in [-0.25, -0.2) is 0 Å². The van der Waals surface area contributed by atoms with Gasteiger partial charge in [-0.2, -0.15) is 0 Å². The molecule has 0 N–H and O–H groups in total. The third-order valence-electron chi connectivity index (χ3n) is 2.43. The summed E-state index contributed by atoms with van der Waals surface area (Å²) in [5, 5.41) is 0. The number of rotatable bonds is 3. The van der Waals surface area contributed by atoms with Crippen molar-refractivity contribution in [3.05, 3.63) is 48.0 Å². The molecule has 0 radical (unpaired) electrons. The van der Waals surface area contributed by atoms with Gasteiger partial charge in [0.15, 0.2) is 5.78 Å². The third kappa shape index (κ3) is 1.69. The molecule has 0 amide bonds. The van der Waals surface area contributed by atoms with Crippen LogP contribution >= 0.6 is 0 Å². The Balaban J connectivity index is 2.22. The van der Waals surface area contributed by atoms with Gasteiger partial charge >= 0.3 is 0 Å². The number of benzene rings is 1. The maximum atomic E-state index is 11.2. The third-order valence-corrected chi connectivity index (χ3v) is 2.43. The minimum atomic E-state index is 0.00217. The van der Waals surface area contributed by atoms with E-state index in [1.807, 2.05) is 12.1 Å². The van der Waals surface area contributed by atoms with Gasteiger partial charge in [-0.3, -0.25) is 4.79 Å². The summed E-state index contributed by atoms with van der Waals surface area (Å²) in [6.07, 6.45) is 3.95. The van der Waals surface area contributed by atoms with Crippen molar-refractivity contribution in [1.82, 2.24) is 0 Å². The molecular formula is C12H12O. The van der Waals surface area contributed by atoms with Crippen LogP contribution in [0.5, 0.6) is 0 Å². The van der Waals surface area contributed by atoms with E-state index in [-0.39, 0.29) is 5.78 Å². The predicted octanol–water partition coefficient (Wildman–Crippen LogP) is 2.93. The van der Waals surface area contributed by atoms with Crippen LogP contribution in [0.1, 0.15) is 34.7 Å². The lowest BCUT2D eigenvalue weighted by atomic mass is 10.1. The Kier molecular flexibility index (Phi) is 2.01. The van der Waals surface area contributed by atoms with E-state index in [9.17, 15) is 4.79 Å². The molecule has 66 valence electrons. The Morgan fingerprint density at radius 2 is 1.92 bits per heavy atom. The fraction of sp³-hybridized carbons (Fsp3) is 0.250. The molecule has 1 aliphatic rings. The molecule has 0 heterocycles. The van der Waals surface area contributed by atoms with E-state index in [1.165, 1.54) is 24.5 Å². The molecule has 0 atom stereocenters. The van der Waals surface area contributed by atoms with Gasteiger partial charge in [0.2, 0.25) is 0 Å². The average molecular weight is 172 g/mol. The summed E-state index contributed by atoms with van der Waals surface area (Å²) >= 11 is 0. The van der Waals surface area contributed by atoms with Crippen LogP contribution in [0.4, 0.5) is 0 Å². The molecule has 1 nitrogen and oxygen atoms in total. The molecule has 1 aromatic carbocycles. The predicted molar refractivity (Wildman–Crippen MR) is 52.9 cm³/mol. The van der Waals surface area contributed by atoms with Crippen molar-refractivity contribution in [3.8, 4) is 0 Å². The first kappa shape index (κ1) is 8.24. The van der Waals surface area contributed by atoms with E-state index in [1.54, 1.807) is 0 Å². The molecule has 1 aliphatic carbocycles. The first-order chi connectivity index (χ1) is 6.31. The Morgan fingerprint density at radius 1 is 1.31 bits per heavy atom. The Bertz CT molecular complexity index is 331. The maximum Gasteiger partial charge on any atom is 0.185 e. The van der Waals surface area contributed by atoms with E-state index in [4.69, 9.17) is 0 Å². The second-order valence-electron chi connectivity index (χ2n) is 3.46. The summed E-state index contributed by atoms with van der Waals surface area (Å²) in [4.78, 5) is 11.2. The molecular weight excluding hydrogens is 160 g/mol. The highest BCUT2D eigenvalue weighted by molar-refractivity contribution is 6.04. The quantitative estimate of drug-likeness (QED) is 0.506. The molecule has 1 heteroatoms. The van der Waals surface area contributed by atoms with Crippen LogP contribution in [0, 0.1) is 0 Å². The lowest BCUT2D eigenvalue weighted by Crippen LogP contribution is -1.93. The van der Waals surface area contributed by atoms with E-state index in [0.29, 0.717) is 0 Å². The smallest absolute Gasteiger partial charge is 0.185 e. The zero-order chi connectivity index (χ0) is 9.26. The molecule has 1 aromatic rings. The number of carbonyl (C=O) groups excluding carboxylic acids is 1. The normalized spacial score (nSPS) is 15.4. The number of hydrogen-bond donors (Lipinski definition) is 0. The summed E-state index contributed by atoms with van der Waals surface area (Å²) in [5.74, 6) is 0.759. The number of ketones is 1. The summed E-state index contributed by atoms with van der Waals surface area (Å²) in [5.41, 5.74) is 2.10. The maximum absolute atomic E-state index is 11.2. The van der Waals surface area contributed by atoms with Crippen molar-refractivity contribution in [3.63, 3.8) is 0 Å². The van der Waals surface area contributed by atoms with E-state index >= 15 is 0 Å². The molecule has 0 bridgehead atoms. The summed E-state index contributed by atoms with van der Waals surface area (Å²) in [6, 6.07) is 7.87. The highest BCUT2D eigenvalue weighted by Crippen LogP contribution is 2.39. The zero-order valence-electron chi connectivity index (χ0n) is 7.49. The summed E-state index contributed by atoms with van der Waals surface area (Å²) in [6.45, 7) is 3.46. The second kappa shape index (κ2) is 3.17. The van der Waals surface area contributed by atoms with Gasteiger partial charge in [-0.05, 0) is 30.4 Å². The van der Waals surface area contributed by atoms with Crippen LogP contribution in [0.3, 0.4) is 0 Å². The van der Waals surface area contributed by atoms with Crippen LogP contribution in [-0.4, -0.2) is 5.78 Å². The standard InChI is InChI=1S/C12H12O/c1-2-12(13)11-7-5-10(6-8-11)9-3-4-9/h2,5-9H,1,3-4H2. The van der Waals surface area contributed by atoms with Gasteiger partial charge < -0.3 is 0 Å². The summed E-state index contributed by atoms with van der Waals surface area (Å²) < 4.78 is 0. The molecule has 0 spiro atoms. The molecule has 1 fully saturated rings. The average Bonchev–Trinajstić information content (AvgIpc) is 3.00. The van der Waals surface area contributed by atoms with Gasteiger partial charge in [0.25, 0.3) is 0 Å². The largest absolute Gasteiger partial charge is 0.289 e. The number of hydrogen-bond acceptors (Lipinski definition) is 1. The van der Waals surface area contributed by atoms with E-state index in [0.717, 1.165) is 11.5 Å². The fourth-order valence-corrected chi connectivity index (χ4v) is 1.45. The van der Waals surface area contributed by atoms with Gasteiger partial charge in [-0.15, -0.1) is 0 Å². The molecule has 0 unspecified atom stereocenters. The van der Waals surface area contributed by atoms with Gasteiger partial charge in [0.05, 0.1) is 0 Å². The van der Waals surface area contributed by atoms with Gasteiger partial charge in [0, 0.05) is 5.56 Å². The van der Waals surface area contributed by atoms with Crippen molar-refractivity contribution in [2.75, 3.05) is 0 Å². The number of allylic oxidation sites excluding steroid dienone is 1. The Hall–Kier alpha value is -1.37. The zero-order valence-corrected chi connectivity index (χ0v) is 7.49. The van der Waals surface area contributed by atoms with Gasteiger partial charge in [-0.1, -0.05) is 30.8 Å². The molecule has 0 aliphatic heterocycles. The van der Waals surface area contributed by atoms with E-state index in [2.05, 4.69) is 18.7 Å². The van der Waals surface area contributed by atoms with Crippen LogP contribution < -0.4 is 0 Å². The lowest BCUT2D eigenvalue weighted by Gasteiger charge is -1.98. The molecule has 0 saturated heterocycles. The van der Waals surface area contributed by atoms with Crippen molar-refractivity contribution < 1.29 is 4.79 Å². The van der Waals surface area contributed by atoms with Crippen LogP contribution in [-0.2, 0) is 0 Å². The highest BCUT2D eigenvalue weighted by atomic mass is 16.1. The first-order valence-corrected chi connectivity index (χ1v) is 4.58. The highest BCUT2D eigenvalue weighted by Gasteiger charge is 2.23. The van der Waals surface area contributed by atoms with Crippen LogP contribution in [0.15, 0.2) is 36.9 Å². The van der Waals surface area contributed by atoms with Crippen molar-refractivity contribution in [2.45, 2.75) is 18.8 Å². The van der Waals surface area contributed by atoms with Crippen LogP contribution in [0.25, 0.3) is 0 Å². The molecule has 2 rings (SSSR count). The number of carbonyl (C=O) groups is 1. The lowest BCUT2D eigenvalue weighted by molar-refractivity contribution is 0.104. The van der Waals surface area contributed by atoms with Crippen molar-refractivity contribution in [1.29, 1.82) is 0 Å². The molecule has 0 aromatic heterocycles. The summed E-state index contributed by atoms with van der Waals surface area (Å²) in [7, 11) is 0. The SMILES string of the molecule is C=CC(=O)c1ccc(C2CC2)cc1. The Labute approximate surface area is 78.1 Å². The minimum absolute atomic E-state index is 0.00217. The topological polar surface area (TPSA) is 17.1 Å². The van der Waals surface area contributed by atoms with Crippen molar-refractivity contribution in [2.24, 2.45) is 0 Å². The first-order valence-electron chi connectivity index (χ1n) is 4.58. The second-order valence-corrected chi connectivity index (χ2v) is 3.46. The Morgan fingerprint density at radius 3 is 2.38 bits per heavy atom.